The summed E-state index contributed by atoms with van der Waals surface area (Å²) in [5.74, 6) is -0.233. The lowest BCUT2D eigenvalue weighted by molar-refractivity contribution is 0.102. The summed E-state index contributed by atoms with van der Waals surface area (Å²) in [5, 5.41) is 16.7. The first-order chi connectivity index (χ1) is 11.5. The molecule has 1 aromatic carbocycles. The zero-order valence-corrected chi connectivity index (χ0v) is 13.5. The molecule has 0 radical (unpaired) electrons. The van der Waals surface area contributed by atoms with Crippen LogP contribution in [-0.2, 0) is 6.54 Å². The van der Waals surface area contributed by atoms with E-state index >= 15 is 0 Å². The SMILES string of the molecule is Cc1cc(C)n(Cc2ccc(C(=O)Nc3ncccc3O)cc2)n1. The smallest absolute Gasteiger partial charge is 0.256 e. The van der Waals surface area contributed by atoms with Crippen molar-refractivity contribution in [3.63, 3.8) is 0 Å². The number of aryl methyl sites for hydroxylation is 2. The molecule has 0 unspecified atom stereocenters. The van der Waals surface area contributed by atoms with E-state index in [2.05, 4.69) is 15.4 Å². The maximum absolute atomic E-state index is 12.2. The minimum atomic E-state index is -0.318. The molecule has 0 fully saturated rings. The topological polar surface area (TPSA) is 80.0 Å². The maximum atomic E-state index is 12.2. The minimum absolute atomic E-state index is 0.0630. The fourth-order valence-corrected chi connectivity index (χ4v) is 2.44. The van der Waals surface area contributed by atoms with Crippen molar-refractivity contribution in [3.8, 4) is 5.75 Å². The first-order valence-corrected chi connectivity index (χ1v) is 7.58. The number of pyridine rings is 1. The fourth-order valence-electron chi connectivity index (χ4n) is 2.44. The standard InChI is InChI=1S/C18H18N4O2/c1-12-10-13(2)22(21-12)11-14-5-7-15(8-6-14)18(24)20-17-16(23)4-3-9-19-17/h3-10,23H,11H2,1-2H3,(H,19,20,24). The number of carbonyl (C=O) groups excluding carboxylic acids is 1. The number of benzene rings is 1. The molecule has 2 aromatic heterocycles. The van der Waals surface area contributed by atoms with Crippen molar-refractivity contribution < 1.29 is 9.90 Å². The summed E-state index contributed by atoms with van der Waals surface area (Å²) in [4.78, 5) is 16.1. The molecule has 0 saturated heterocycles. The number of amides is 1. The van der Waals surface area contributed by atoms with Crippen molar-refractivity contribution in [1.29, 1.82) is 0 Å². The second-order valence-corrected chi connectivity index (χ2v) is 5.61. The molecule has 6 nitrogen and oxygen atoms in total. The Hall–Kier alpha value is -3.15. The zero-order chi connectivity index (χ0) is 17.1. The van der Waals surface area contributed by atoms with E-state index in [1.54, 1.807) is 18.2 Å². The van der Waals surface area contributed by atoms with E-state index < -0.39 is 0 Å². The van der Waals surface area contributed by atoms with Crippen LogP contribution in [0.1, 0.15) is 27.3 Å². The van der Waals surface area contributed by atoms with Crippen LogP contribution in [0.15, 0.2) is 48.7 Å². The van der Waals surface area contributed by atoms with Gasteiger partial charge in [0.25, 0.3) is 5.91 Å². The van der Waals surface area contributed by atoms with E-state index in [-0.39, 0.29) is 17.5 Å². The molecule has 3 rings (SSSR count). The molecule has 122 valence electrons. The van der Waals surface area contributed by atoms with Gasteiger partial charge in [-0.15, -0.1) is 0 Å². The van der Waals surface area contributed by atoms with Crippen LogP contribution in [0.4, 0.5) is 5.82 Å². The Kier molecular flexibility index (Phi) is 4.29. The number of aromatic nitrogens is 3. The second-order valence-electron chi connectivity index (χ2n) is 5.61. The highest BCUT2D eigenvalue weighted by atomic mass is 16.3. The number of rotatable bonds is 4. The van der Waals surface area contributed by atoms with E-state index in [9.17, 15) is 9.90 Å². The summed E-state index contributed by atoms with van der Waals surface area (Å²) in [7, 11) is 0. The van der Waals surface area contributed by atoms with Crippen LogP contribution in [0.25, 0.3) is 0 Å². The molecule has 0 aliphatic rings. The Morgan fingerprint density at radius 3 is 2.58 bits per heavy atom. The number of anilines is 1. The highest BCUT2D eigenvalue weighted by molar-refractivity contribution is 6.04. The van der Waals surface area contributed by atoms with E-state index in [1.165, 1.54) is 12.3 Å². The van der Waals surface area contributed by atoms with Crippen LogP contribution >= 0.6 is 0 Å². The van der Waals surface area contributed by atoms with Gasteiger partial charge in [0.15, 0.2) is 11.6 Å². The molecule has 24 heavy (non-hydrogen) atoms. The summed E-state index contributed by atoms with van der Waals surface area (Å²) in [6.07, 6.45) is 1.51. The number of carbonyl (C=O) groups is 1. The Balaban J connectivity index is 1.71. The Morgan fingerprint density at radius 2 is 1.96 bits per heavy atom. The molecule has 6 heteroatoms. The maximum Gasteiger partial charge on any atom is 0.256 e. The molecule has 0 aliphatic carbocycles. The Bertz CT molecular complexity index is 869. The van der Waals surface area contributed by atoms with Crippen LogP contribution in [0.5, 0.6) is 5.75 Å². The predicted octanol–water partition coefficient (Wildman–Crippen LogP) is 2.90. The van der Waals surface area contributed by atoms with Gasteiger partial charge in [0.05, 0.1) is 12.2 Å². The van der Waals surface area contributed by atoms with Crippen molar-refractivity contribution in [2.75, 3.05) is 5.32 Å². The lowest BCUT2D eigenvalue weighted by atomic mass is 10.1. The quantitative estimate of drug-likeness (QED) is 0.774. The van der Waals surface area contributed by atoms with E-state index in [1.807, 2.05) is 36.7 Å². The molecule has 0 saturated carbocycles. The molecule has 0 atom stereocenters. The van der Waals surface area contributed by atoms with Gasteiger partial charge in [-0.3, -0.25) is 9.48 Å². The van der Waals surface area contributed by atoms with Crippen molar-refractivity contribution in [3.05, 3.63) is 71.2 Å². The van der Waals surface area contributed by atoms with Crippen LogP contribution in [0.2, 0.25) is 0 Å². The summed E-state index contributed by atoms with van der Waals surface area (Å²) in [6.45, 7) is 4.63. The molecular weight excluding hydrogens is 304 g/mol. The van der Waals surface area contributed by atoms with Crippen molar-refractivity contribution >= 4 is 11.7 Å². The summed E-state index contributed by atoms with van der Waals surface area (Å²) in [5.41, 5.74) is 3.63. The highest BCUT2D eigenvalue weighted by Gasteiger charge is 2.10. The first-order valence-electron chi connectivity index (χ1n) is 7.58. The Morgan fingerprint density at radius 1 is 1.21 bits per heavy atom. The van der Waals surface area contributed by atoms with E-state index in [0.717, 1.165) is 17.0 Å². The molecule has 2 N–H and O–H groups in total. The normalized spacial score (nSPS) is 10.6. The summed E-state index contributed by atoms with van der Waals surface area (Å²) < 4.78 is 1.93. The van der Waals surface area contributed by atoms with Crippen LogP contribution in [0, 0.1) is 13.8 Å². The second kappa shape index (κ2) is 6.54. The van der Waals surface area contributed by atoms with Crippen LogP contribution in [0.3, 0.4) is 0 Å². The van der Waals surface area contributed by atoms with Gasteiger partial charge in [0.1, 0.15) is 0 Å². The highest BCUT2D eigenvalue weighted by Crippen LogP contribution is 2.19. The van der Waals surface area contributed by atoms with E-state index in [4.69, 9.17) is 0 Å². The molecule has 1 amide bonds. The van der Waals surface area contributed by atoms with Gasteiger partial charge in [-0.2, -0.15) is 5.10 Å². The number of aromatic hydroxyl groups is 1. The van der Waals surface area contributed by atoms with Crippen molar-refractivity contribution in [2.45, 2.75) is 20.4 Å². The fraction of sp³-hybridized carbons (Fsp3) is 0.167. The number of nitrogens with one attached hydrogen (secondary N) is 1. The van der Waals surface area contributed by atoms with Gasteiger partial charge >= 0.3 is 0 Å². The van der Waals surface area contributed by atoms with Crippen molar-refractivity contribution in [1.82, 2.24) is 14.8 Å². The monoisotopic (exact) mass is 322 g/mol. The largest absolute Gasteiger partial charge is 0.504 e. The lowest BCUT2D eigenvalue weighted by Gasteiger charge is -2.08. The van der Waals surface area contributed by atoms with Gasteiger partial charge in [0.2, 0.25) is 0 Å². The average molecular weight is 322 g/mol. The molecule has 0 aliphatic heterocycles. The first kappa shape index (κ1) is 15.7. The Labute approximate surface area is 139 Å². The number of hydrogen-bond acceptors (Lipinski definition) is 4. The van der Waals surface area contributed by atoms with Crippen LogP contribution in [-0.4, -0.2) is 25.8 Å². The van der Waals surface area contributed by atoms with Crippen molar-refractivity contribution in [2.24, 2.45) is 0 Å². The third-order valence-corrected chi connectivity index (χ3v) is 3.67. The van der Waals surface area contributed by atoms with Gasteiger partial charge in [-0.05, 0) is 49.7 Å². The number of hydrogen-bond donors (Lipinski definition) is 2. The molecule has 2 heterocycles. The van der Waals surface area contributed by atoms with Gasteiger partial charge < -0.3 is 10.4 Å². The third kappa shape index (κ3) is 3.43. The molecular formula is C18H18N4O2. The molecule has 0 bridgehead atoms. The predicted molar refractivity (Wildman–Crippen MR) is 91.1 cm³/mol. The summed E-state index contributed by atoms with van der Waals surface area (Å²) >= 11 is 0. The molecule has 3 aromatic rings. The van der Waals surface area contributed by atoms with E-state index in [0.29, 0.717) is 12.1 Å². The minimum Gasteiger partial charge on any atom is -0.504 e. The number of nitrogens with zero attached hydrogens (tertiary/aromatic N) is 3. The van der Waals surface area contributed by atoms with Crippen LogP contribution < -0.4 is 5.32 Å². The third-order valence-electron chi connectivity index (χ3n) is 3.67. The van der Waals surface area contributed by atoms with Gasteiger partial charge in [0, 0.05) is 17.5 Å². The average Bonchev–Trinajstić information content (AvgIpc) is 2.88. The van der Waals surface area contributed by atoms with Gasteiger partial charge in [-0.25, -0.2) is 4.98 Å². The molecule has 0 spiro atoms. The summed E-state index contributed by atoms with van der Waals surface area (Å²) in [6, 6.07) is 12.4. The lowest BCUT2D eigenvalue weighted by Crippen LogP contribution is -2.13. The van der Waals surface area contributed by atoms with Gasteiger partial charge in [-0.1, -0.05) is 12.1 Å². The zero-order valence-electron chi connectivity index (χ0n) is 13.5.